The lowest BCUT2D eigenvalue weighted by Crippen LogP contribution is -2.44. The van der Waals surface area contributed by atoms with Gasteiger partial charge in [0.2, 0.25) is 0 Å². The van der Waals surface area contributed by atoms with Gasteiger partial charge in [0.1, 0.15) is 5.69 Å². The summed E-state index contributed by atoms with van der Waals surface area (Å²) in [6.45, 7) is 2.94. The maximum absolute atomic E-state index is 12.0. The van der Waals surface area contributed by atoms with Gasteiger partial charge in [-0.15, -0.1) is 0 Å². The fourth-order valence-electron chi connectivity index (χ4n) is 1.49. The van der Waals surface area contributed by atoms with E-state index in [1.807, 2.05) is 0 Å². The fourth-order valence-corrected chi connectivity index (χ4v) is 1.59. The van der Waals surface area contributed by atoms with E-state index in [1.165, 1.54) is 19.1 Å². The van der Waals surface area contributed by atoms with Crippen molar-refractivity contribution in [1.82, 2.24) is 21.3 Å². The van der Waals surface area contributed by atoms with E-state index in [4.69, 9.17) is 11.5 Å². The number of hydrogen-bond acceptors (Lipinski definition) is 6. The number of nitrogens with zero attached hydrogens (tertiary/aromatic N) is 2. The molecule has 1 amide bonds. The standard InChI is InChI=1S/C12H15N7O2S2/c1-5(16-18-11(13)22)8-4-3-7(9(15-8)6(2)20)10(21)17-19-12(14)23/h3-4H,1-2H3,(H,17,21)(H3,13,18,22)(H3,14,19,23). The van der Waals surface area contributed by atoms with Crippen molar-refractivity contribution in [2.45, 2.75) is 13.8 Å². The predicted molar refractivity (Wildman–Crippen MR) is 93.8 cm³/mol. The second-order valence-electron chi connectivity index (χ2n) is 4.27. The summed E-state index contributed by atoms with van der Waals surface area (Å²) in [5.41, 5.74) is 18.3. The van der Waals surface area contributed by atoms with Crippen LogP contribution in [0.4, 0.5) is 0 Å². The second kappa shape index (κ2) is 8.10. The first-order chi connectivity index (χ1) is 10.7. The van der Waals surface area contributed by atoms with Gasteiger partial charge in [0.15, 0.2) is 16.0 Å². The number of pyridine rings is 1. The van der Waals surface area contributed by atoms with Crippen LogP contribution in [0.25, 0.3) is 0 Å². The molecule has 1 rings (SSSR count). The molecule has 122 valence electrons. The molecule has 11 heteroatoms. The van der Waals surface area contributed by atoms with E-state index in [0.29, 0.717) is 11.4 Å². The Labute approximate surface area is 142 Å². The number of carbonyl (C=O) groups is 2. The Balaban J connectivity index is 3.14. The number of hydrazone groups is 1. The molecule has 9 nitrogen and oxygen atoms in total. The van der Waals surface area contributed by atoms with E-state index in [1.54, 1.807) is 6.92 Å². The summed E-state index contributed by atoms with van der Waals surface area (Å²) < 4.78 is 0. The minimum absolute atomic E-state index is 0.00373. The van der Waals surface area contributed by atoms with Gasteiger partial charge in [-0.2, -0.15) is 5.10 Å². The summed E-state index contributed by atoms with van der Waals surface area (Å²) in [4.78, 5) is 27.9. The molecule has 23 heavy (non-hydrogen) atoms. The topological polar surface area (TPSA) is 148 Å². The molecular weight excluding hydrogens is 338 g/mol. The first kappa shape index (κ1) is 18.4. The normalized spacial score (nSPS) is 10.6. The second-order valence-corrected chi connectivity index (χ2v) is 5.15. The zero-order chi connectivity index (χ0) is 17.6. The smallest absolute Gasteiger partial charge is 0.271 e. The van der Waals surface area contributed by atoms with Crippen LogP contribution in [0.3, 0.4) is 0 Å². The van der Waals surface area contributed by atoms with Crippen LogP contribution in [0, 0.1) is 0 Å². The largest absolute Gasteiger partial charge is 0.375 e. The number of hydrazine groups is 1. The number of carbonyl (C=O) groups excluding carboxylic acids is 2. The maximum atomic E-state index is 12.0. The molecule has 0 bridgehead atoms. The molecule has 0 fully saturated rings. The number of ketones is 1. The lowest BCUT2D eigenvalue weighted by molar-refractivity contribution is 0.0928. The van der Waals surface area contributed by atoms with Gasteiger partial charge in [-0.25, -0.2) is 4.98 Å². The number of hydrogen-bond donors (Lipinski definition) is 5. The molecule has 1 heterocycles. The number of Topliss-reactive ketones (excluding diaryl/α,β-unsaturated/α-hetero) is 1. The zero-order valence-electron chi connectivity index (χ0n) is 12.3. The lowest BCUT2D eigenvalue weighted by atomic mass is 10.1. The first-order valence-corrected chi connectivity index (χ1v) is 7.02. The van der Waals surface area contributed by atoms with Gasteiger partial charge in [0.25, 0.3) is 5.91 Å². The van der Waals surface area contributed by atoms with Gasteiger partial charge in [-0.1, -0.05) is 0 Å². The third-order valence-corrected chi connectivity index (χ3v) is 2.67. The van der Waals surface area contributed by atoms with Gasteiger partial charge in [0.05, 0.1) is 17.0 Å². The number of nitrogens with one attached hydrogen (secondary N) is 3. The molecule has 0 radical (unpaired) electrons. The molecule has 0 spiro atoms. The molecule has 1 aromatic rings. The van der Waals surface area contributed by atoms with Crippen LogP contribution in [0.15, 0.2) is 17.2 Å². The van der Waals surface area contributed by atoms with E-state index < -0.39 is 5.91 Å². The van der Waals surface area contributed by atoms with E-state index in [9.17, 15) is 9.59 Å². The van der Waals surface area contributed by atoms with E-state index in [2.05, 4.69) is 50.8 Å². The Morgan fingerprint density at radius 1 is 1.13 bits per heavy atom. The molecular formula is C12H15N7O2S2. The van der Waals surface area contributed by atoms with E-state index in [0.717, 1.165) is 0 Å². The van der Waals surface area contributed by atoms with Gasteiger partial charge >= 0.3 is 0 Å². The number of nitrogens with two attached hydrogens (primary N) is 2. The molecule has 0 aliphatic rings. The minimum Gasteiger partial charge on any atom is -0.375 e. The molecule has 1 aromatic heterocycles. The first-order valence-electron chi connectivity index (χ1n) is 6.20. The monoisotopic (exact) mass is 353 g/mol. The number of rotatable bonds is 4. The summed E-state index contributed by atoms with van der Waals surface area (Å²) in [5.74, 6) is -0.986. The van der Waals surface area contributed by atoms with Crippen molar-refractivity contribution in [3.63, 3.8) is 0 Å². The van der Waals surface area contributed by atoms with Crippen LogP contribution in [-0.4, -0.2) is 32.6 Å². The molecule has 0 aliphatic heterocycles. The highest BCUT2D eigenvalue weighted by Gasteiger charge is 2.17. The Bertz CT molecular complexity index is 703. The highest BCUT2D eigenvalue weighted by molar-refractivity contribution is 7.80. The third-order valence-electron chi connectivity index (χ3n) is 2.48. The Morgan fingerprint density at radius 3 is 2.30 bits per heavy atom. The van der Waals surface area contributed by atoms with Crippen LogP contribution >= 0.6 is 24.4 Å². The molecule has 0 saturated heterocycles. The summed E-state index contributed by atoms with van der Waals surface area (Å²) in [6, 6.07) is 2.97. The molecule has 0 aliphatic carbocycles. The molecule has 0 saturated carbocycles. The zero-order valence-corrected chi connectivity index (χ0v) is 14.0. The van der Waals surface area contributed by atoms with Crippen molar-refractivity contribution in [1.29, 1.82) is 0 Å². The van der Waals surface area contributed by atoms with Crippen molar-refractivity contribution >= 4 is 52.1 Å². The average Bonchev–Trinajstić information content (AvgIpc) is 2.49. The molecule has 0 unspecified atom stereocenters. The van der Waals surface area contributed by atoms with Crippen molar-refractivity contribution < 1.29 is 9.59 Å². The van der Waals surface area contributed by atoms with Gasteiger partial charge in [-0.05, 0) is 43.5 Å². The van der Waals surface area contributed by atoms with Crippen molar-refractivity contribution in [2.24, 2.45) is 16.6 Å². The highest BCUT2D eigenvalue weighted by Crippen LogP contribution is 2.10. The molecule has 0 aromatic carbocycles. The predicted octanol–water partition coefficient (Wildman–Crippen LogP) is -0.681. The summed E-state index contributed by atoms with van der Waals surface area (Å²) >= 11 is 9.22. The SMILES string of the molecule is CC(=O)c1nc(C(C)=NNC(N)=S)ccc1C(=O)NNC(N)=S. The summed E-state index contributed by atoms with van der Waals surface area (Å²) in [7, 11) is 0. The molecule has 7 N–H and O–H groups in total. The van der Waals surface area contributed by atoms with Crippen LogP contribution < -0.4 is 27.7 Å². The quantitative estimate of drug-likeness (QED) is 0.205. The van der Waals surface area contributed by atoms with Crippen LogP contribution in [0.2, 0.25) is 0 Å². The Morgan fingerprint density at radius 2 is 1.78 bits per heavy atom. The van der Waals surface area contributed by atoms with Crippen molar-refractivity contribution in [3.8, 4) is 0 Å². The van der Waals surface area contributed by atoms with Crippen LogP contribution in [0.5, 0.6) is 0 Å². The average molecular weight is 353 g/mol. The van der Waals surface area contributed by atoms with Gasteiger partial charge in [-0.3, -0.25) is 25.9 Å². The number of amides is 1. The summed E-state index contributed by atoms with van der Waals surface area (Å²) in [6.07, 6.45) is 0. The fraction of sp³-hybridized carbons (Fsp3) is 0.167. The Kier molecular flexibility index (Phi) is 6.48. The third kappa shape index (κ3) is 5.56. The minimum atomic E-state index is -0.599. The lowest BCUT2D eigenvalue weighted by Gasteiger charge is -2.10. The number of aromatic nitrogens is 1. The Hall–Kier alpha value is -2.66. The van der Waals surface area contributed by atoms with Crippen molar-refractivity contribution in [3.05, 3.63) is 29.1 Å². The van der Waals surface area contributed by atoms with Crippen LogP contribution in [0.1, 0.15) is 40.4 Å². The van der Waals surface area contributed by atoms with Gasteiger partial charge in [0, 0.05) is 6.92 Å². The van der Waals surface area contributed by atoms with Crippen LogP contribution in [-0.2, 0) is 0 Å². The van der Waals surface area contributed by atoms with Crippen molar-refractivity contribution in [2.75, 3.05) is 0 Å². The number of thiocarbonyl (C=S) groups is 2. The van der Waals surface area contributed by atoms with E-state index >= 15 is 0 Å². The maximum Gasteiger partial charge on any atom is 0.271 e. The summed E-state index contributed by atoms with van der Waals surface area (Å²) in [5, 5.41) is 3.79. The molecule has 0 atom stereocenters. The highest BCUT2D eigenvalue weighted by atomic mass is 32.1. The van der Waals surface area contributed by atoms with Gasteiger partial charge < -0.3 is 11.5 Å². The van der Waals surface area contributed by atoms with E-state index in [-0.39, 0.29) is 27.3 Å².